The Bertz CT molecular complexity index is 1050. The molecule has 4 saturated carbocycles. The van der Waals surface area contributed by atoms with Crippen molar-refractivity contribution in [2.45, 2.75) is 110 Å². The number of carbonyl (C=O) groups is 1. The van der Waals surface area contributed by atoms with Gasteiger partial charge in [-0.15, -0.1) is 0 Å². The summed E-state index contributed by atoms with van der Waals surface area (Å²) in [5.41, 5.74) is 1.44. The monoisotopic (exact) mass is 520 g/mol. The normalized spacial score (nSPS) is 51.5. The van der Waals surface area contributed by atoms with Gasteiger partial charge in [0.2, 0.25) is 0 Å². The summed E-state index contributed by atoms with van der Waals surface area (Å²) < 4.78 is 19.5. The zero-order chi connectivity index (χ0) is 26.3. The molecule has 0 radical (unpaired) electrons. The quantitative estimate of drug-likeness (QED) is 0.376. The summed E-state index contributed by atoms with van der Waals surface area (Å²) in [4.78, 5) is 12.7. The third kappa shape index (κ3) is 3.71. The number of hydrogen-bond donors (Lipinski definition) is 0. The number of hydrogen-bond acceptors (Lipinski definition) is 4. The van der Waals surface area contributed by atoms with E-state index >= 15 is 0 Å². The second-order valence-electron chi connectivity index (χ2n) is 14.8. The summed E-state index contributed by atoms with van der Waals surface area (Å²) in [5, 5.41) is 0. The van der Waals surface area contributed by atoms with Gasteiger partial charge < -0.3 is 14.2 Å². The van der Waals surface area contributed by atoms with Crippen molar-refractivity contribution in [2.75, 3.05) is 6.61 Å². The lowest BCUT2D eigenvalue weighted by molar-refractivity contribution is -0.273. The zero-order valence-corrected chi connectivity index (χ0v) is 24.0. The molecule has 12 atom stereocenters. The van der Waals surface area contributed by atoms with E-state index in [1.54, 1.807) is 0 Å². The molecule has 6 aliphatic rings. The molecule has 0 unspecified atom stereocenters. The van der Waals surface area contributed by atoms with Crippen LogP contribution in [0.1, 0.15) is 102 Å². The van der Waals surface area contributed by atoms with Crippen molar-refractivity contribution in [3.05, 3.63) is 35.9 Å². The SMILES string of the molecule is C[C@H]1CC[C@]2(OC1)O[C@H]1C[C@@H]3[C@@H]4CC[C@@H]5C[C@H](OC(=O)c6ccccc6)CC[C@]5(C)[C@H]4CC[C@]3(C)[C@@H]1[C@@H]2C. The van der Waals surface area contributed by atoms with Gasteiger partial charge >= 0.3 is 5.97 Å². The third-order valence-electron chi connectivity index (χ3n) is 13.2. The van der Waals surface area contributed by atoms with E-state index in [1.165, 1.54) is 44.9 Å². The predicted molar refractivity (Wildman–Crippen MR) is 147 cm³/mol. The summed E-state index contributed by atoms with van der Waals surface area (Å²) in [7, 11) is 0. The molecule has 2 aliphatic heterocycles. The van der Waals surface area contributed by atoms with Crippen molar-refractivity contribution in [2.24, 2.45) is 52.3 Å². The highest BCUT2D eigenvalue weighted by atomic mass is 16.7. The number of benzene rings is 1. The first-order chi connectivity index (χ1) is 18.2. The smallest absolute Gasteiger partial charge is 0.338 e. The van der Waals surface area contributed by atoms with Crippen molar-refractivity contribution >= 4 is 5.97 Å². The molecule has 208 valence electrons. The van der Waals surface area contributed by atoms with Crippen LogP contribution < -0.4 is 0 Å². The van der Waals surface area contributed by atoms with E-state index in [0.29, 0.717) is 46.2 Å². The molecule has 4 aliphatic carbocycles. The maximum absolute atomic E-state index is 12.7. The molecule has 1 aromatic carbocycles. The van der Waals surface area contributed by atoms with Crippen molar-refractivity contribution in [1.29, 1.82) is 0 Å². The first-order valence-electron chi connectivity index (χ1n) is 15.8. The van der Waals surface area contributed by atoms with Gasteiger partial charge in [-0.1, -0.05) is 45.9 Å². The molecule has 2 saturated heterocycles. The molecule has 0 aromatic heterocycles. The highest BCUT2D eigenvalue weighted by molar-refractivity contribution is 5.89. The first kappa shape index (κ1) is 25.6. The highest BCUT2D eigenvalue weighted by Gasteiger charge is 2.69. The maximum Gasteiger partial charge on any atom is 0.338 e. The fourth-order valence-electron chi connectivity index (χ4n) is 11.1. The topological polar surface area (TPSA) is 44.8 Å². The lowest BCUT2D eigenvalue weighted by Gasteiger charge is -2.61. The average Bonchev–Trinajstić information content (AvgIpc) is 3.36. The Morgan fingerprint density at radius 3 is 2.45 bits per heavy atom. The molecule has 38 heavy (non-hydrogen) atoms. The van der Waals surface area contributed by atoms with E-state index in [4.69, 9.17) is 14.2 Å². The van der Waals surface area contributed by atoms with Gasteiger partial charge in [-0.05, 0) is 116 Å². The summed E-state index contributed by atoms with van der Waals surface area (Å²) in [6.45, 7) is 10.9. The Morgan fingerprint density at radius 2 is 1.68 bits per heavy atom. The van der Waals surface area contributed by atoms with Crippen LogP contribution in [0, 0.1) is 52.3 Å². The molecule has 4 heteroatoms. The van der Waals surface area contributed by atoms with Crippen molar-refractivity contribution in [1.82, 2.24) is 0 Å². The Hall–Kier alpha value is -1.39. The van der Waals surface area contributed by atoms with Gasteiger partial charge in [0.15, 0.2) is 5.79 Å². The largest absolute Gasteiger partial charge is 0.459 e. The van der Waals surface area contributed by atoms with Gasteiger partial charge in [-0.25, -0.2) is 4.79 Å². The van der Waals surface area contributed by atoms with E-state index in [-0.39, 0.29) is 17.9 Å². The Balaban J connectivity index is 1.05. The van der Waals surface area contributed by atoms with Gasteiger partial charge in [0.25, 0.3) is 0 Å². The van der Waals surface area contributed by atoms with Crippen LogP contribution in [0.15, 0.2) is 30.3 Å². The summed E-state index contributed by atoms with van der Waals surface area (Å²) in [5.74, 6) is 4.41. The lowest BCUT2D eigenvalue weighted by atomic mass is 9.44. The van der Waals surface area contributed by atoms with Crippen LogP contribution in [0.4, 0.5) is 0 Å². The van der Waals surface area contributed by atoms with Gasteiger partial charge in [0.05, 0.1) is 18.3 Å². The maximum atomic E-state index is 12.7. The Kier molecular flexibility index (Phi) is 6.10. The third-order valence-corrected chi connectivity index (χ3v) is 13.2. The van der Waals surface area contributed by atoms with E-state index in [9.17, 15) is 4.79 Å². The molecule has 1 spiro atoms. The van der Waals surface area contributed by atoms with Crippen LogP contribution in [-0.4, -0.2) is 30.6 Å². The molecule has 2 heterocycles. The van der Waals surface area contributed by atoms with Gasteiger partial charge in [0, 0.05) is 12.3 Å². The van der Waals surface area contributed by atoms with Crippen LogP contribution >= 0.6 is 0 Å². The molecular formula is C34H48O4. The second-order valence-corrected chi connectivity index (χ2v) is 14.8. The minimum absolute atomic E-state index is 0.0701. The molecule has 0 bridgehead atoms. The minimum atomic E-state index is -0.314. The van der Waals surface area contributed by atoms with E-state index in [2.05, 4.69) is 27.7 Å². The fourth-order valence-corrected chi connectivity index (χ4v) is 11.1. The summed E-state index contributed by atoms with van der Waals surface area (Å²) in [6, 6.07) is 9.51. The van der Waals surface area contributed by atoms with Gasteiger partial charge in [-0.2, -0.15) is 0 Å². The zero-order valence-electron chi connectivity index (χ0n) is 24.0. The number of ether oxygens (including phenoxy) is 3. The lowest BCUT2D eigenvalue weighted by Crippen LogP contribution is -2.55. The summed E-state index contributed by atoms with van der Waals surface area (Å²) in [6.07, 6.45) is 12.6. The van der Waals surface area contributed by atoms with E-state index in [0.717, 1.165) is 43.6 Å². The molecule has 6 fully saturated rings. The van der Waals surface area contributed by atoms with Crippen LogP contribution in [-0.2, 0) is 14.2 Å². The predicted octanol–water partition coefficient (Wildman–Crippen LogP) is 7.66. The van der Waals surface area contributed by atoms with Gasteiger partial charge in [0.1, 0.15) is 6.10 Å². The van der Waals surface area contributed by atoms with Crippen LogP contribution in [0.25, 0.3) is 0 Å². The highest BCUT2D eigenvalue weighted by Crippen LogP contribution is 2.71. The molecular weight excluding hydrogens is 472 g/mol. The Labute approximate surface area is 229 Å². The number of rotatable bonds is 2. The molecule has 0 amide bonds. The number of carbonyl (C=O) groups excluding carboxylic acids is 1. The first-order valence-corrected chi connectivity index (χ1v) is 15.8. The van der Waals surface area contributed by atoms with E-state index in [1.807, 2.05) is 30.3 Å². The van der Waals surface area contributed by atoms with Crippen molar-refractivity contribution in [3.63, 3.8) is 0 Å². The summed E-state index contributed by atoms with van der Waals surface area (Å²) >= 11 is 0. The molecule has 1 aromatic rings. The van der Waals surface area contributed by atoms with E-state index < -0.39 is 0 Å². The van der Waals surface area contributed by atoms with Crippen molar-refractivity contribution < 1.29 is 19.0 Å². The number of fused-ring (bicyclic) bond motifs is 7. The Morgan fingerprint density at radius 1 is 0.895 bits per heavy atom. The second kappa shape index (κ2) is 9.06. The molecule has 7 rings (SSSR count). The molecule has 4 nitrogen and oxygen atoms in total. The minimum Gasteiger partial charge on any atom is -0.459 e. The number of esters is 1. The molecule has 0 N–H and O–H groups in total. The van der Waals surface area contributed by atoms with Crippen LogP contribution in [0.5, 0.6) is 0 Å². The standard InChI is InChI=1S/C34H48O4/c1-21-12-17-34(36-20-21)22(2)30-29(38-34)19-28-26-11-10-24-18-25(37-31(35)23-8-6-5-7-9-23)13-15-32(24,3)27(26)14-16-33(28,30)4/h5-9,21-22,24-30H,10-20H2,1-4H3/t21-,22-,24+,25+,26+,27-,28+,29-,30+,32-,33-,34-/m0/s1. The van der Waals surface area contributed by atoms with Crippen LogP contribution in [0.2, 0.25) is 0 Å². The average molecular weight is 521 g/mol. The van der Waals surface area contributed by atoms with Crippen molar-refractivity contribution in [3.8, 4) is 0 Å². The van der Waals surface area contributed by atoms with Crippen LogP contribution in [0.3, 0.4) is 0 Å². The fraction of sp³-hybridized carbons (Fsp3) is 0.794. The van der Waals surface area contributed by atoms with Gasteiger partial charge in [-0.3, -0.25) is 0 Å².